The lowest BCUT2D eigenvalue weighted by Gasteiger charge is -2.16. The number of para-hydroxylation sites is 1. The Morgan fingerprint density at radius 2 is 1.11 bits per heavy atom. The molecule has 6 nitrogen and oxygen atoms in total. The largest absolute Gasteiger partial charge is 0.456 e. The minimum Gasteiger partial charge on any atom is -0.456 e. The van der Waals surface area contributed by atoms with E-state index in [2.05, 4.69) is 36.4 Å². The molecule has 0 spiro atoms. The summed E-state index contributed by atoms with van der Waals surface area (Å²) in [6.45, 7) is 0. The maximum absolute atomic E-state index is 8.72. The molecule has 220 valence electrons. The molecule has 6 heteroatoms. The first-order valence-corrected chi connectivity index (χ1v) is 15.4. The van der Waals surface area contributed by atoms with Gasteiger partial charge >= 0.3 is 0 Å². The van der Waals surface area contributed by atoms with E-state index in [1.807, 2.05) is 97.1 Å². The first-order chi connectivity index (χ1) is 23.1. The van der Waals surface area contributed by atoms with Crippen molar-refractivity contribution in [3.63, 3.8) is 0 Å². The minimum atomic E-state index is 0.194. The number of nitrogens with one attached hydrogen (secondary N) is 2. The molecular weight excluding hydrogens is 578 g/mol. The normalized spacial score (nSPS) is 12.7. The molecule has 6 aromatic carbocycles. The second-order valence-electron chi connectivity index (χ2n) is 11.6. The highest BCUT2D eigenvalue weighted by atomic mass is 16.3. The van der Waals surface area contributed by atoms with Crippen LogP contribution in [0.25, 0.3) is 84.1 Å². The zero-order chi connectivity index (χ0) is 31.5. The number of allylic oxidation sites excluding steroid dienone is 1. The van der Waals surface area contributed by atoms with E-state index >= 15 is 0 Å². The van der Waals surface area contributed by atoms with E-state index in [9.17, 15) is 0 Å². The van der Waals surface area contributed by atoms with Gasteiger partial charge in [-0.2, -0.15) is 0 Å². The molecular formula is C41H25N5O. The van der Waals surface area contributed by atoms with E-state index in [-0.39, 0.29) is 11.4 Å². The van der Waals surface area contributed by atoms with Gasteiger partial charge in [-0.15, -0.1) is 0 Å². The number of aromatic nitrogens is 3. The van der Waals surface area contributed by atoms with Crippen LogP contribution in [-0.4, -0.2) is 26.4 Å². The van der Waals surface area contributed by atoms with E-state index in [1.54, 1.807) is 6.08 Å². The first-order valence-electron chi connectivity index (χ1n) is 15.4. The highest BCUT2D eigenvalue weighted by Gasteiger charge is 2.20. The fourth-order valence-electron chi connectivity index (χ4n) is 6.45. The first kappa shape index (κ1) is 26.8. The molecule has 0 saturated carbocycles. The summed E-state index contributed by atoms with van der Waals surface area (Å²) in [6, 6.07) is 42.6. The number of benzene rings is 6. The monoisotopic (exact) mass is 603 g/mol. The van der Waals surface area contributed by atoms with Crippen molar-refractivity contribution in [2.45, 2.75) is 0 Å². The Hall–Kier alpha value is -6.53. The van der Waals surface area contributed by atoms with Crippen LogP contribution in [0.5, 0.6) is 0 Å². The van der Waals surface area contributed by atoms with Gasteiger partial charge in [-0.3, -0.25) is 10.8 Å². The van der Waals surface area contributed by atoms with Gasteiger partial charge < -0.3 is 4.42 Å². The minimum absolute atomic E-state index is 0.194. The molecule has 47 heavy (non-hydrogen) atoms. The molecule has 2 heterocycles. The fourth-order valence-corrected chi connectivity index (χ4v) is 6.45. The molecule has 0 unspecified atom stereocenters. The molecule has 1 aliphatic carbocycles. The number of fused-ring (bicyclic) bond motifs is 6. The predicted octanol–water partition coefficient (Wildman–Crippen LogP) is 10.0. The number of furan rings is 1. The molecule has 0 aliphatic heterocycles. The van der Waals surface area contributed by atoms with E-state index in [4.69, 9.17) is 30.2 Å². The standard InChI is InChI=1S/C41H25N5O/c42-34-20-18-26-16-14-25-15-17-27(22-32(25)37(26)38(34)43)39-44-40(28-19-21-36-33(23-28)30-11-6-7-13-35(30)47-36)46-41(45-39)31-12-5-4-10-29(31)24-8-2-1-3-9-24/h1-23,42-43H. The maximum Gasteiger partial charge on any atom is 0.164 e. The van der Waals surface area contributed by atoms with Crippen molar-refractivity contribution in [3.8, 4) is 45.3 Å². The van der Waals surface area contributed by atoms with Gasteiger partial charge in [0.25, 0.3) is 0 Å². The highest BCUT2D eigenvalue weighted by molar-refractivity contribution is 6.53. The third-order valence-electron chi connectivity index (χ3n) is 8.78. The molecule has 0 radical (unpaired) electrons. The van der Waals surface area contributed by atoms with Crippen molar-refractivity contribution in [1.29, 1.82) is 10.8 Å². The van der Waals surface area contributed by atoms with Crippen molar-refractivity contribution < 1.29 is 4.42 Å². The molecule has 8 aromatic rings. The van der Waals surface area contributed by atoms with Crippen molar-refractivity contribution in [2.24, 2.45) is 0 Å². The molecule has 9 rings (SSSR count). The predicted molar refractivity (Wildman–Crippen MR) is 190 cm³/mol. The van der Waals surface area contributed by atoms with Gasteiger partial charge in [0.05, 0.1) is 11.4 Å². The van der Waals surface area contributed by atoms with Gasteiger partial charge in [0, 0.05) is 33.0 Å². The lowest BCUT2D eigenvalue weighted by atomic mass is 9.88. The summed E-state index contributed by atoms with van der Waals surface area (Å²) in [5.74, 6) is 1.64. The van der Waals surface area contributed by atoms with E-state index in [0.29, 0.717) is 17.5 Å². The third-order valence-corrected chi connectivity index (χ3v) is 8.78. The van der Waals surface area contributed by atoms with Crippen molar-refractivity contribution >= 4 is 50.2 Å². The lowest BCUT2D eigenvalue weighted by Crippen LogP contribution is -2.16. The summed E-state index contributed by atoms with van der Waals surface area (Å²) in [5.41, 5.74) is 8.37. The van der Waals surface area contributed by atoms with Crippen LogP contribution in [-0.2, 0) is 0 Å². The average molecular weight is 604 g/mol. The summed E-state index contributed by atoms with van der Waals surface area (Å²) >= 11 is 0. The summed E-state index contributed by atoms with van der Waals surface area (Å²) < 4.78 is 6.11. The average Bonchev–Trinajstić information content (AvgIpc) is 3.51. The molecule has 0 fully saturated rings. The van der Waals surface area contributed by atoms with Crippen LogP contribution in [0.15, 0.2) is 138 Å². The second kappa shape index (κ2) is 10.5. The SMILES string of the molecule is N=C1C=Cc2ccc3ccc(-c4nc(-c5ccc6oc7ccccc7c6c5)nc(-c5ccccc5-c5ccccc5)n4)cc3c2C1=N. The van der Waals surface area contributed by atoms with Crippen LogP contribution < -0.4 is 0 Å². The second-order valence-corrected chi connectivity index (χ2v) is 11.6. The highest BCUT2D eigenvalue weighted by Crippen LogP contribution is 2.36. The number of nitrogens with zero attached hydrogens (tertiary/aromatic N) is 3. The van der Waals surface area contributed by atoms with Crippen LogP contribution >= 0.6 is 0 Å². The molecule has 0 saturated heterocycles. The van der Waals surface area contributed by atoms with Crippen LogP contribution in [0, 0.1) is 10.8 Å². The van der Waals surface area contributed by atoms with E-state index in [1.165, 1.54) is 0 Å². The van der Waals surface area contributed by atoms with Crippen LogP contribution in [0.4, 0.5) is 0 Å². The van der Waals surface area contributed by atoms with Gasteiger partial charge in [0.1, 0.15) is 11.2 Å². The Kier molecular flexibility index (Phi) is 6.01. The summed E-state index contributed by atoms with van der Waals surface area (Å²) in [7, 11) is 0. The van der Waals surface area contributed by atoms with Gasteiger partial charge in [-0.25, -0.2) is 15.0 Å². The van der Waals surface area contributed by atoms with Crippen molar-refractivity contribution in [2.75, 3.05) is 0 Å². The van der Waals surface area contributed by atoms with Gasteiger partial charge in [0.2, 0.25) is 0 Å². The quantitative estimate of drug-likeness (QED) is 0.209. The molecule has 1 aliphatic rings. The zero-order valence-electron chi connectivity index (χ0n) is 25.0. The maximum atomic E-state index is 8.72. The molecule has 2 N–H and O–H groups in total. The zero-order valence-corrected chi connectivity index (χ0v) is 25.0. The van der Waals surface area contributed by atoms with Crippen LogP contribution in [0.2, 0.25) is 0 Å². The Bertz CT molecular complexity index is 2620. The third kappa shape index (κ3) is 4.46. The Labute approximate surface area is 269 Å². The Morgan fingerprint density at radius 3 is 1.94 bits per heavy atom. The van der Waals surface area contributed by atoms with Gasteiger partial charge in [0.15, 0.2) is 17.5 Å². The number of hydrogen-bond donors (Lipinski definition) is 2. The Morgan fingerprint density at radius 1 is 0.468 bits per heavy atom. The smallest absolute Gasteiger partial charge is 0.164 e. The lowest BCUT2D eigenvalue weighted by molar-refractivity contribution is 0.669. The van der Waals surface area contributed by atoms with Gasteiger partial charge in [-0.1, -0.05) is 103 Å². The van der Waals surface area contributed by atoms with E-state index in [0.717, 1.165) is 71.7 Å². The number of hydrogen-bond acceptors (Lipinski definition) is 6. The number of rotatable bonds is 4. The fraction of sp³-hybridized carbons (Fsp3) is 0. The topological polar surface area (TPSA) is 99.5 Å². The van der Waals surface area contributed by atoms with Crippen LogP contribution in [0.1, 0.15) is 11.1 Å². The Balaban J connectivity index is 1.29. The summed E-state index contributed by atoms with van der Waals surface area (Å²) in [4.78, 5) is 15.2. The van der Waals surface area contributed by atoms with Gasteiger partial charge in [-0.05, 0) is 63.9 Å². The molecule has 0 amide bonds. The van der Waals surface area contributed by atoms with Crippen molar-refractivity contribution in [1.82, 2.24) is 15.0 Å². The van der Waals surface area contributed by atoms with Crippen LogP contribution in [0.3, 0.4) is 0 Å². The molecule has 0 bridgehead atoms. The summed E-state index contributed by atoms with van der Waals surface area (Å²) in [5, 5.41) is 20.9. The van der Waals surface area contributed by atoms with E-state index < -0.39 is 0 Å². The summed E-state index contributed by atoms with van der Waals surface area (Å²) in [6.07, 6.45) is 3.58. The molecule has 0 atom stereocenters. The van der Waals surface area contributed by atoms with Crippen molar-refractivity contribution in [3.05, 3.63) is 145 Å². The molecule has 2 aromatic heterocycles.